The lowest BCUT2D eigenvalue weighted by molar-refractivity contribution is 0.102. The van der Waals surface area contributed by atoms with Crippen molar-refractivity contribution in [3.05, 3.63) is 99.0 Å². The number of halogens is 3. The second kappa shape index (κ2) is 13.7. The SMILES string of the molecule is COC[C@@H](C)Nc1n[nH]c2nccc(Oc3ccc(NC(=O)c4cn(C(C)C)c(=O)n(-c5ccc(F)cc5)c4=O)cc3F)c12.Cl. The van der Waals surface area contributed by atoms with E-state index in [2.05, 4.69) is 25.8 Å². The van der Waals surface area contributed by atoms with Crippen LogP contribution in [-0.2, 0) is 4.74 Å². The number of ether oxygens (including phenoxy) is 2. The van der Waals surface area contributed by atoms with Gasteiger partial charge in [-0.1, -0.05) is 0 Å². The molecule has 0 saturated carbocycles. The first kappa shape index (κ1) is 32.8. The Morgan fingerprint density at radius 2 is 1.78 bits per heavy atom. The molecule has 236 valence electrons. The van der Waals surface area contributed by atoms with Gasteiger partial charge < -0.3 is 20.1 Å². The highest BCUT2D eigenvalue weighted by Crippen LogP contribution is 2.34. The van der Waals surface area contributed by atoms with Gasteiger partial charge in [-0.2, -0.15) is 5.10 Å². The van der Waals surface area contributed by atoms with Crippen LogP contribution in [0.2, 0.25) is 0 Å². The number of nitrogens with zero attached hydrogens (tertiary/aromatic N) is 4. The Balaban J connectivity index is 0.00000461. The highest BCUT2D eigenvalue weighted by atomic mass is 35.5. The monoisotopic (exact) mass is 641 g/mol. The average Bonchev–Trinajstić information content (AvgIpc) is 3.38. The third kappa shape index (κ3) is 6.86. The van der Waals surface area contributed by atoms with Gasteiger partial charge in [-0.15, -0.1) is 12.4 Å². The van der Waals surface area contributed by atoms with E-state index in [-0.39, 0.29) is 46.9 Å². The highest BCUT2D eigenvalue weighted by Gasteiger charge is 2.21. The van der Waals surface area contributed by atoms with Crippen LogP contribution in [-0.4, -0.2) is 50.0 Å². The molecule has 0 aliphatic rings. The molecule has 0 aliphatic carbocycles. The van der Waals surface area contributed by atoms with E-state index in [1.807, 2.05) is 6.92 Å². The van der Waals surface area contributed by atoms with Gasteiger partial charge in [0.15, 0.2) is 23.0 Å². The zero-order valence-electron chi connectivity index (χ0n) is 24.6. The Labute approximate surface area is 261 Å². The number of hydrogen-bond acceptors (Lipinski definition) is 8. The molecule has 2 aromatic carbocycles. The van der Waals surface area contributed by atoms with Gasteiger partial charge in [0.1, 0.15) is 22.5 Å². The third-order valence-electron chi connectivity index (χ3n) is 6.63. The molecule has 5 aromatic rings. The Morgan fingerprint density at radius 1 is 1.04 bits per heavy atom. The number of anilines is 2. The van der Waals surface area contributed by atoms with Gasteiger partial charge in [0.25, 0.3) is 11.5 Å². The van der Waals surface area contributed by atoms with E-state index >= 15 is 4.39 Å². The van der Waals surface area contributed by atoms with E-state index in [1.54, 1.807) is 27.0 Å². The van der Waals surface area contributed by atoms with E-state index < -0.39 is 34.8 Å². The van der Waals surface area contributed by atoms with Crippen molar-refractivity contribution < 1.29 is 23.0 Å². The molecule has 0 spiro atoms. The van der Waals surface area contributed by atoms with Crippen molar-refractivity contribution >= 4 is 40.9 Å². The lowest BCUT2D eigenvalue weighted by atomic mass is 10.2. The summed E-state index contributed by atoms with van der Waals surface area (Å²) in [6.07, 6.45) is 2.64. The summed E-state index contributed by atoms with van der Waals surface area (Å²) >= 11 is 0. The number of carbonyl (C=O) groups is 1. The molecule has 0 unspecified atom stereocenters. The number of nitrogens with one attached hydrogen (secondary N) is 3. The van der Waals surface area contributed by atoms with E-state index in [4.69, 9.17) is 9.47 Å². The van der Waals surface area contributed by atoms with Crippen molar-refractivity contribution in [1.82, 2.24) is 24.3 Å². The predicted molar refractivity (Wildman–Crippen MR) is 167 cm³/mol. The van der Waals surface area contributed by atoms with Gasteiger partial charge in [-0.25, -0.2) is 23.1 Å². The van der Waals surface area contributed by atoms with Crippen LogP contribution in [0.1, 0.15) is 37.2 Å². The van der Waals surface area contributed by atoms with E-state index in [0.29, 0.717) is 23.5 Å². The number of carbonyl (C=O) groups excluding carboxylic acids is 1. The van der Waals surface area contributed by atoms with Gasteiger partial charge >= 0.3 is 5.69 Å². The number of fused-ring (bicyclic) bond motifs is 1. The standard InChI is InChI=1S/C30H29F2N7O5.ClH/c1-16(2)38-14-21(29(41)39(30(38)42)20-8-5-18(31)6-9-20)28(40)35-19-7-10-23(22(32)13-19)44-24-11-12-33-26-25(24)27(37-36-26)34-17(3)15-43-4;/h5-14,16-17H,15H2,1-4H3,(H,35,40)(H2,33,34,36,37);1H/t17-;/m1./s1. The molecule has 3 aromatic heterocycles. The number of methoxy groups -OCH3 is 1. The number of aromatic nitrogens is 5. The Morgan fingerprint density at radius 3 is 2.44 bits per heavy atom. The van der Waals surface area contributed by atoms with Crippen LogP contribution >= 0.6 is 12.4 Å². The maximum atomic E-state index is 15.3. The lowest BCUT2D eigenvalue weighted by Crippen LogP contribution is -2.42. The van der Waals surface area contributed by atoms with Crippen molar-refractivity contribution in [3.8, 4) is 17.2 Å². The topological polar surface area (TPSA) is 145 Å². The van der Waals surface area contributed by atoms with Crippen molar-refractivity contribution in [2.24, 2.45) is 0 Å². The van der Waals surface area contributed by atoms with Gasteiger partial charge in [0, 0.05) is 49.4 Å². The lowest BCUT2D eigenvalue weighted by Gasteiger charge is -2.16. The number of H-pyrrole nitrogens is 1. The minimum Gasteiger partial charge on any atom is -0.453 e. The normalized spacial score (nSPS) is 11.7. The summed E-state index contributed by atoms with van der Waals surface area (Å²) in [4.78, 5) is 43.9. The molecular formula is C30H30ClF2N7O5. The van der Waals surface area contributed by atoms with Crippen LogP contribution in [0.5, 0.6) is 11.5 Å². The van der Waals surface area contributed by atoms with Crippen molar-refractivity contribution in [3.63, 3.8) is 0 Å². The number of pyridine rings is 1. The molecule has 0 radical (unpaired) electrons. The fourth-order valence-corrected chi connectivity index (χ4v) is 4.53. The molecule has 12 nitrogen and oxygen atoms in total. The molecular weight excluding hydrogens is 612 g/mol. The minimum atomic E-state index is -0.914. The smallest absolute Gasteiger partial charge is 0.335 e. The molecule has 3 heterocycles. The van der Waals surface area contributed by atoms with Crippen LogP contribution in [0.25, 0.3) is 16.7 Å². The van der Waals surface area contributed by atoms with Crippen molar-refractivity contribution in [1.29, 1.82) is 0 Å². The fraction of sp³-hybridized carbons (Fsp3) is 0.233. The maximum absolute atomic E-state index is 15.3. The molecule has 0 saturated heterocycles. The van der Waals surface area contributed by atoms with E-state index in [1.165, 1.54) is 35.0 Å². The number of benzene rings is 2. The summed E-state index contributed by atoms with van der Waals surface area (Å²) in [6, 6.07) is 9.56. The number of amides is 1. The van der Waals surface area contributed by atoms with Gasteiger partial charge in [0.05, 0.1) is 12.3 Å². The molecule has 1 amide bonds. The van der Waals surface area contributed by atoms with E-state index in [0.717, 1.165) is 29.0 Å². The zero-order valence-corrected chi connectivity index (χ0v) is 25.4. The van der Waals surface area contributed by atoms with Gasteiger partial charge in [-0.3, -0.25) is 19.3 Å². The van der Waals surface area contributed by atoms with Gasteiger partial charge in [0.2, 0.25) is 0 Å². The fourth-order valence-electron chi connectivity index (χ4n) is 4.53. The third-order valence-corrected chi connectivity index (χ3v) is 6.63. The molecule has 15 heteroatoms. The minimum absolute atomic E-state index is 0. The van der Waals surface area contributed by atoms with Crippen LogP contribution in [0, 0.1) is 11.6 Å². The molecule has 0 bridgehead atoms. The molecule has 0 aliphatic heterocycles. The largest absolute Gasteiger partial charge is 0.453 e. The van der Waals surface area contributed by atoms with Crippen LogP contribution in [0.4, 0.5) is 20.3 Å². The summed E-state index contributed by atoms with van der Waals surface area (Å²) in [5.74, 6) is -1.63. The van der Waals surface area contributed by atoms with E-state index in [9.17, 15) is 18.8 Å². The summed E-state index contributed by atoms with van der Waals surface area (Å²) < 4.78 is 41.8. The predicted octanol–water partition coefficient (Wildman–Crippen LogP) is 5.04. The average molecular weight is 642 g/mol. The van der Waals surface area contributed by atoms with Crippen molar-refractivity contribution in [2.45, 2.75) is 32.9 Å². The first-order valence-electron chi connectivity index (χ1n) is 13.6. The number of rotatable bonds is 10. The first-order valence-corrected chi connectivity index (χ1v) is 13.6. The molecule has 1 atom stereocenters. The van der Waals surface area contributed by atoms with Crippen molar-refractivity contribution in [2.75, 3.05) is 24.4 Å². The zero-order chi connectivity index (χ0) is 31.5. The number of aromatic amines is 1. The second-order valence-electron chi connectivity index (χ2n) is 10.3. The van der Waals surface area contributed by atoms with Crippen LogP contribution < -0.4 is 26.6 Å². The Hall–Kier alpha value is -5.08. The highest BCUT2D eigenvalue weighted by molar-refractivity contribution is 6.04. The number of hydrogen-bond donors (Lipinski definition) is 3. The molecule has 3 N–H and O–H groups in total. The van der Waals surface area contributed by atoms with Crippen LogP contribution in [0.15, 0.2) is 70.5 Å². The summed E-state index contributed by atoms with van der Waals surface area (Å²) in [5.41, 5.74) is -1.43. The Bertz CT molecular complexity index is 1960. The molecule has 45 heavy (non-hydrogen) atoms. The molecule has 0 fully saturated rings. The summed E-state index contributed by atoms with van der Waals surface area (Å²) in [5, 5.41) is 13.2. The first-order chi connectivity index (χ1) is 21.1. The summed E-state index contributed by atoms with van der Waals surface area (Å²) in [6.45, 7) is 5.74. The molecule has 5 rings (SSSR count). The second-order valence-corrected chi connectivity index (χ2v) is 10.3. The van der Waals surface area contributed by atoms with Crippen LogP contribution in [0.3, 0.4) is 0 Å². The maximum Gasteiger partial charge on any atom is 0.335 e. The van der Waals surface area contributed by atoms with Gasteiger partial charge in [-0.05, 0) is 57.2 Å². The quantitative estimate of drug-likeness (QED) is 0.192. The Kier molecular flexibility index (Phi) is 9.99. The summed E-state index contributed by atoms with van der Waals surface area (Å²) in [7, 11) is 1.58.